The first-order chi connectivity index (χ1) is 8.36. The minimum absolute atomic E-state index is 0.140. The lowest BCUT2D eigenvalue weighted by molar-refractivity contribution is 0.314. The molecular formula is C12H18BrNO3S. The van der Waals surface area contributed by atoms with E-state index in [-0.39, 0.29) is 10.9 Å². The van der Waals surface area contributed by atoms with E-state index in [1.807, 2.05) is 6.92 Å². The molecule has 6 heteroatoms. The fourth-order valence-electron chi connectivity index (χ4n) is 1.35. The molecule has 4 nitrogen and oxygen atoms in total. The molecule has 1 rings (SSSR count). The molecule has 0 aromatic heterocycles. The molecule has 0 spiro atoms. The van der Waals surface area contributed by atoms with Crippen LogP contribution in [0, 0.1) is 0 Å². The van der Waals surface area contributed by atoms with E-state index >= 15 is 0 Å². The summed E-state index contributed by atoms with van der Waals surface area (Å²) in [5.74, 6) is 0.545. The number of rotatable bonds is 6. The van der Waals surface area contributed by atoms with Crippen molar-refractivity contribution in [2.45, 2.75) is 38.1 Å². The second kappa shape index (κ2) is 6.54. The molecule has 102 valence electrons. The summed E-state index contributed by atoms with van der Waals surface area (Å²) < 4.78 is 32.8. The average molecular weight is 336 g/mol. The number of ether oxygens (including phenoxy) is 1. The van der Waals surface area contributed by atoms with Crippen molar-refractivity contribution in [3.05, 3.63) is 22.7 Å². The first-order valence-electron chi connectivity index (χ1n) is 5.81. The zero-order chi connectivity index (χ0) is 13.8. The van der Waals surface area contributed by atoms with Gasteiger partial charge in [0.2, 0.25) is 10.0 Å². The van der Waals surface area contributed by atoms with Gasteiger partial charge in [-0.1, -0.05) is 6.92 Å². The van der Waals surface area contributed by atoms with Crippen molar-refractivity contribution in [2.24, 2.45) is 0 Å². The summed E-state index contributed by atoms with van der Waals surface area (Å²) in [6, 6.07) is 4.62. The van der Waals surface area contributed by atoms with Crippen molar-refractivity contribution in [1.29, 1.82) is 0 Å². The van der Waals surface area contributed by atoms with Crippen molar-refractivity contribution >= 4 is 26.0 Å². The minimum atomic E-state index is -3.47. The van der Waals surface area contributed by atoms with Gasteiger partial charge in [0.05, 0.1) is 16.0 Å². The van der Waals surface area contributed by atoms with Crippen LogP contribution in [0.25, 0.3) is 0 Å². The smallest absolute Gasteiger partial charge is 0.240 e. The average Bonchev–Trinajstić information content (AvgIpc) is 2.26. The quantitative estimate of drug-likeness (QED) is 0.869. The van der Waals surface area contributed by atoms with Crippen molar-refractivity contribution in [3.8, 4) is 5.75 Å². The van der Waals surface area contributed by atoms with E-state index in [9.17, 15) is 8.42 Å². The molecule has 0 fully saturated rings. The molecule has 1 aromatic carbocycles. The highest BCUT2D eigenvalue weighted by Gasteiger charge is 2.17. The van der Waals surface area contributed by atoms with Crippen LogP contribution in [-0.4, -0.2) is 21.1 Å². The van der Waals surface area contributed by atoms with E-state index in [1.165, 1.54) is 6.07 Å². The fraction of sp³-hybridized carbons (Fsp3) is 0.500. The van der Waals surface area contributed by atoms with E-state index in [4.69, 9.17) is 4.74 Å². The first kappa shape index (κ1) is 15.5. The Morgan fingerprint density at radius 2 is 2.06 bits per heavy atom. The predicted octanol–water partition coefficient (Wildman–Crippen LogP) is 2.92. The summed E-state index contributed by atoms with van der Waals surface area (Å²) in [6.07, 6.45) is 0.869. The van der Waals surface area contributed by atoms with Gasteiger partial charge >= 0.3 is 0 Å². The van der Waals surface area contributed by atoms with Gasteiger partial charge in [-0.2, -0.15) is 0 Å². The van der Waals surface area contributed by atoms with Gasteiger partial charge in [0.1, 0.15) is 5.75 Å². The van der Waals surface area contributed by atoms with Crippen LogP contribution in [0.4, 0.5) is 0 Å². The molecule has 1 N–H and O–H groups in total. The van der Waals surface area contributed by atoms with Crippen LogP contribution in [0.1, 0.15) is 27.2 Å². The first-order valence-corrected chi connectivity index (χ1v) is 8.09. The molecule has 0 saturated heterocycles. The lowest BCUT2D eigenvalue weighted by Gasteiger charge is -2.12. The van der Waals surface area contributed by atoms with E-state index < -0.39 is 10.0 Å². The van der Waals surface area contributed by atoms with Gasteiger partial charge < -0.3 is 4.74 Å². The Labute approximate surface area is 117 Å². The number of hydrogen-bond acceptors (Lipinski definition) is 3. The summed E-state index contributed by atoms with van der Waals surface area (Å²) in [5.41, 5.74) is 0. The summed E-state index contributed by atoms with van der Waals surface area (Å²) in [6.45, 7) is 6.12. The monoisotopic (exact) mass is 335 g/mol. The lowest BCUT2D eigenvalue weighted by Crippen LogP contribution is -2.30. The molecule has 0 heterocycles. The van der Waals surface area contributed by atoms with Crippen LogP contribution in [0.3, 0.4) is 0 Å². The van der Waals surface area contributed by atoms with E-state index in [0.29, 0.717) is 12.4 Å². The topological polar surface area (TPSA) is 55.4 Å². The van der Waals surface area contributed by atoms with Gasteiger partial charge in [0, 0.05) is 12.1 Å². The number of benzene rings is 1. The Hall–Kier alpha value is -0.590. The van der Waals surface area contributed by atoms with Crippen LogP contribution >= 0.6 is 15.9 Å². The minimum Gasteiger partial charge on any atom is -0.492 e. The molecule has 0 aliphatic carbocycles. The van der Waals surface area contributed by atoms with Gasteiger partial charge in [-0.25, -0.2) is 13.1 Å². The number of hydrogen-bond donors (Lipinski definition) is 1. The normalized spacial score (nSPS) is 11.8. The molecule has 1 aromatic rings. The highest BCUT2D eigenvalue weighted by Crippen LogP contribution is 2.28. The Morgan fingerprint density at radius 3 is 2.61 bits per heavy atom. The molecule has 0 aliphatic rings. The largest absolute Gasteiger partial charge is 0.492 e. The van der Waals surface area contributed by atoms with Crippen LogP contribution in [0.2, 0.25) is 0 Å². The molecule has 0 saturated carbocycles. The highest BCUT2D eigenvalue weighted by molar-refractivity contribution is 9.10. The second-order valence-electron chi connectivity index (χ2n) is 4.22. The predicted molar refractivity (Wildman–Crippen MR) is 75.4 cm³/mol. The van der Waals surface area contributed by atoms with E-state index in [1.54, 1.807) is 26.0 Å². The van der Waals surface area contributed by atoms with Crippen LogP contribution in [-0.2, 0) is 10.0 Å². The third kappa shape index (κ3) is 4.26. The van der Waals surface area contributed by atoms with Crippen molar-refractivity contribution in [2.75, 3.05) is 6.61 Å². The Morgan fingerprint density at radius 1 is 1.39 bits per heavy atom. The number of nitrogens with one attached hydrogen (secondary N) is 1. The molecule has 0 amide bonds. The molecule has 0 radical (unpaired) electrons. The standard InChI is InChI=1S/C12H18BrNO3S/c1-4-7-17-12-8-10(5-6-11(12)13)18(15,16)14-9(2)3/h5-6,8-9,14H,4,7H2,1-3H3. The Bertz CT molecular complexity index is 500. The lowest BCUT2D eigenvalue weighted by atomic mass is 10.3. The molecule has 18 heavy (non-hydrogen) atoms. The van der Waals surface area contributed by atoms with Crippen molar-refractivity contribution in [1.82, 2.24) is 4.72 Å². The zero-order valence-electron chi connectivity index (χ0n) is 10.7. The van der Waals surface area contributed by atoms with Crippen LogP contribution in [0.5, 0.6) is 5.75 Å². The molecule has 0 atom stereocenters. The molecular weight excluding hydrogens is 318 g/mol. The van der Waals surface area contributed by atoms with Crippen molar-refractivity contribution in [3.63, 3.8) is 0 Å². The maximum atomic E-state index is 12.0. The second-order valence-corrected chi connectivity index (χ2v) is 6.78. The number of sulfonamides is 1. The van der Waals surface area contributed by atoms with Crippen LogP contribution in [0.15, 0.2) is 27.6 Å². The van der Waals surface area contributed by atoms with Crippen molar-refractivity contribution < 1.29 is 13.2 Å². The fourth-order valence-corrected chi connectivity index (χ4v) is 2.98. The maximum absolute atomic E-state index is 12.0. The summed E-state index contributed by atoms with van der Waals surface area (Å²) in [5, 5.41) is 0. The van der Waals surface area contributed by atoms with Gasteiger partial charge in [0.25, 0.3) is 0 Å². The molecule has 0 unspecified atom stereocenters. The third-order valence-electron chi connectivity index (χ3n) is 2.07. The van der Waals surface area contributed by atoms with E-state index in [2.05, 4.69) is 20.7 Å². The molecule has 0 aliphatic heterocycles. The SMILES string of the molecule is CCCOc1cc(S(=O)(=O)NC(C)C)ccc1Br. The number of halogens is 1. The van der Waals surface area contributed by atoms with Gasteiger partial charge in [0.15, 0.2) is 0 Å². The highest BCUT2D eigenvalue weighted by atomic mass is 79.9. The zero-order valence-corrected chi connectivity index (χ0v) is 13.1. The Balaban J connectivity index is 3.04. The summed E-state index contributed by atoms with van der Waals surface area (Å²) in [7, 11) is -3.47. The van der Waals surface area contributed by atoms with Gasteiger partial charge in [-0.05, 0) is 48.3 Å². The van der Waals surface area contributed by atoms with Crippen LogP contribution < -0.4 is 9.46 Å². The summed E-state index contributed by atoms with van der Waals surface area (Å²) in [4.78, 5) is 0.213. The molecule has 0 bridgehead atoms. The van der Waals surface area contributed by atoms with Gasteiger partial charge in [-0.15, -0.1) is 0 Å². The maximum Gasteiger partial charge on any atom is 0.240 e. The van der Waals surface area contributed by atoms with Gasteiger partial charge in [-0.3, -0.25) is 0 Å². The Kier molecular flexibility index (Phi) is 5.62. The van der Waals surface area contributed by atoms with E-state index in [0.717, 1.165) is 10.9 Å². The third-order valence-corrected chi connectivity index (χ3v) is 4.38. The summed E-state index contributed by atoms with van der Waals surface area (Å²) >= 11 is 3.34.